The van der Waals surface area contributed by atoms with Crippen LogP contribution >= 0.6 is 15.9 Å². The van der Waals surface area contributed by atoms with Gasteiger partial charge in [0, 0.05) is 17.3 Å². The molecule has 27 heavy (non-hydrogen) atoms. The summed E-state index contributed by atoms with van der Waals surface area (Å²) >= 11 is 3.29. The number of carboxylic acid groups (broad SMARTS) is 1. The van der Waals surface area contributed by atoms with E-state index < -0.39 is 24.0 Å². The zero-order valence-electron chi connectivity index (χ0n) is 14.9. The molecule has 0 atom stereocenters. The molecule has 1 heterocycles. The number of esters is 1. The van der Waals surface area contributed by atoms with Crippen LogP contribution in [0.1, 0.15) is 24.2 Å². The molecule has 0 unspecified atom stereocenters. The van der Waals surface area contributed by atoms with Crippen molar-refractivity contribution in [3.63, 3.8) is 0 Å². The number of nitrogens with one attached hydrogen (secondary N) is 1. The van der Waals surface area contributed by atoms with Crippen molar-refractivity contribution in [2.24, 2.45) is 0 Å². The number of ether oxygens (including phenoxy) is 1. The van der Waals surface area contributed by atoms with Gasteiger partial charge in [-0.25, -0.2) is 9.78 Å². The van der Waals surface area contributed by atoms with Crippen LogP contribution in [0.15, 0.2) is 27.6 Å². The summed E-state index contributed by atoms with van der Waals surface area (Å²) < 4.78 is 5.98. The summed E-state index contributed by atoms with van der Waals surface area (Å²) in [6.45, 7) is 3.06. The van der Waals surface area contributed by atoms with Crippen molar-refractivity contribution in [2.45, 2.75) is 26.4 Å². The van der Waals surface area contributed by atoms with E-state index >= 15 is 0 Å². The third-order valence-electron chi connectivity index (χ3n) is 3.49. The van der Waals surface area contributed by atoms with E-state index in [0.29, 0.717) is 5.56 Å². The average molecular weight is 439 g/mol. The first kappa shape index (κ1) is 20.4. The lowest BCUT2D eigenvalue weighted by Crippen LogP contribution is -2.31. The summed E-state index contributed by atoms with van der Waals surface area (Å²) in [5.41, 5.74) is 6.21. The fourth-order valence-corrected chi connectivity index (χ4v) is 3.11. The van der Waals surface area contributed by atoms with Crippen LogP contribution in [-0.2, 0) is 16.1 Å². The molecule has 2 rings (SSSR count). The Labute approximate surface area is 163 Å². The molecular formula is C17H19BrN4O5. The fraction of sp³-hybridized carbons (Fsp3) is 0.294. The van der Waals surface area contributed by atoms with Gasteiger partial charge in [-0.2, -0.15) is 0 Å². The second-order valence-electron chi connectivity index (χ2n) is 6.02. The topological polar surface area (TPSA) is 137 Å². The molecule has 4 N–H and O–H groups in total. The minimum atomic E-state index is -1.20. The Bertz CT molecular complexity index is 955. The van der Waals surface area contributed by atoms with E-state index in [9.17, 15) is 19.5 Å². The quantitative estimate of drug-likeness (QED) is 0.459. The van der Waals surface area contributed by atoms with Crippen molar-refractivity contribution in [1.82, 2.24) is 9.55 Å². The first-order chi connectivity index (χ1) is 12.6. The molecule has 2 aromatic rings. The number of carbonyl (C=O) groups is 2. The first-order valence-electron chi connectivity index (χ1n) is 7.92. The van der Waals surface area contributed by atoms with Crippen LogP contribution < -0.4 is 16.6 Å². The van der Waals surface area contributed by atoms with E-state index in [1.54, 1.807) is 0 Å². The number of hydrogen-bond donors (Lipinski definition) is 3. The molecule has 10 heteroatoms. The van der Waals surface area contributed by atoms with Crippen molar-refractivity contribution < 1.29 is 19.4 Å². The van der Waals surface area contributed by atoms with Crippen LogP contribution in [0.5, 0.6) is 0 Å². The molecule has 0 aliphatic rings. The maximum atomic E-state index is 12.8. The van der Waals surface area contributed by atoms with Gasteiger partial charge in [0.05, 0.1) is 18.4 Å². The lowest BCUT2D eigenvalue weighted by atomic mass is 10.1. The van der Waals surface area contributed by atoms with Gasteiger partial charge < -0.3 is 20.9 Å². The van der Waals surface area contributed by atoms with Gasteiger partial charge in [0.15, 0.2) is 5.82 Å². The second kappa shape index (κ2) is 8.21. The molecule has 0 saturated heterocycles. The molecular weight excluding hydrogens is 420 g/mol. The molecule has 0 amide bonds. The van der Waals surface area contributed by atoms with Gasteiger partial charge in [-0.05, 0) is 48.0 Å². The van der Waals surface area contributed by atoms with Crippen LogP contribution in [0.2, 0.25) is 0 Å². The number of methoxy groups -OCH3 is 1. The Hall–Kier alpha value is -2.88. The predicted molar refractivity (Wildman–Crippen MR) is 104 cm³/mol. The number of nitrogens with two attached hydrogens (primary N) is 1. The Balaban J connectivity index is 2.78. The molecule has 0 radical (unpaired) electrons. The van der Waals surface area contributed by atoms with E-state index in [-0.39, 0.29) is 33.4 Å². The Morgan fingerprint density at radius 2 is 2.04 bits per heavy atom. The van der Waals surface area contributed by atoms with Gasteiger partial charge in [-0.1, -0.05) is 0 Å². The summed E-state index contributed by atoms with van der Waals surface area (Å²) in [5.74, 6) is -1.80. The van der Waals surface area contributed by atoms with Crippen molar-refractivity contribution in [2.75, 3.05) is 18.2 Å². The minimum absolute atomic E-state index is 0.0129. The molecule has 1 aromatic carbocycles. The van der Waals surface area contributed by atoms with Crippen molar-refractivity contribution in [1.29, 1.82) is 0 Å². The summed E-state index contributed by atoms with van der Waals surface area (Å²) in [5, 5.41) is 12.1. The number of carbonyl (C=O) groups excluding carboxylic acids is 1. The van der Waals surface area contributed by atoms with Gasteiger partial charge in [-0.3, -0.25) is 14.2 Å². The highest BCUT2D eigenvalue weighted by molar-refractivity contribution is 9.10. The highest BCUT2D eigenvalue weighted by atomic mass is 79.9. The zero-order chi connectivity index (χ0) is 20.3. The maximum absolute atomic E-state index is 12.8. The Kier molecular flexibility index (Phi) is 6.21. The van der Waals surface area contributed by atoms with Crippen LogP contribution in [0.4, 0.5) is 11.5 Å². The highest BCUT2D eigenvalue weighted by Gasteiger charge is 2.20. The third kappa shape index (κ3) is 4.64. The number of carboxylic acids is 1. The van der Waals surface area contributed by atoms with Gasteiger partial charge in [0.25, 0.3) is 5.56 Å². The lowest BCUT2D eigenvalue weighted by molar-refractivity contribution is -0.137. The molecule has 144 valence electrons. The van der Waals surface area contributed by atoms with E-state index in [0.717, 1.165) is 4.57 Å². The van der Waals surface area contributed by atoms with E-state index in [4.69, 9.17) is 10.5 Å². The predicted octanol–water partition coefficient (Wildman–Crippen LogP) is 1.95. The number of halogens is 1. The van der Waals surface area contributed by atoms with Crippen LogP contribution in [-0.4, -0.2) is 39.7 Å². The fourth-order valence-electron chi connectivity index (χ4n) is 2.49. The van der Waals surface area contributed by atoms with Crippen LogP contribution in [0.3, 0.4) is 0 Å². The summed E-state index contributed by atoms with van der Waals surface area (Å²) in [7, 11) is 1.23. The SMILES string of the molecule is COC(=O)c1cc(N)cc(-c2c(Br)nc(NC(C)C)c(=O)n2CC(=O)O)c1. The molecule has 0 saturated carbocycles. The van der Waals surface area contributed by atoms with Gasteiger partial charge in [0.1, 0.15) is 11.1 Å². The number of aromatic nitrogens is 2. The Morgan fingerprint density at radius 1 is 1.37 bits per heavy atom. The minimum Gasteiger partial charge on any atom is -0.480 e. The number of nitrogens with zero attached hydrogens (tertiary/aromatic N) is 2. The van der Waals surface area contributed by atoms with Crippen molar-refractivity contribution >= 4 is 39.4 Å². The van der Waals surface area contributed by atoms with Crippen LogP contribution in [0, 0.1) is 0 Å². The van der Waals surface area contributed by atoms with Crippen molar-refractivity contribution in [3.8, 4) is 11.3 Å². The Morgan fingerprint density at radius 3 is 2.59 bits per heavy atom. The molecule has 0 fully saturated rings. The summed E-state index contributed by atoms with van der Waals surface area (Å²) in [4.78, 5) is 40.2. The molecule has 1 aromatic heterocycles. The molecule has 0 spiro atoms. The van der Waals surface area contributed by atoms with Crippen molar-refractivity contribution in [3.05, 3.63) is 38.7 Å². The zero-order valence-corrected chi connectivity index (χ0v) is 16.5. The number of aliphatic carboxylic acids is 1. The molecule has 0 aliphatic heterocycles. The highest BCUT2D eigenvalue weighted by Crippen LogP contribution is 2.29. The van der Waals surface area contributed by atoms with E-state index in [1.165, 1.54) is 25.3 Å². The standard InChI is InChI=1S/C17H19BrN4O5/c1-8(2)20-15-16(25)22(7-12(23)24)13(14(18)21-15)9-4-10(17(26)27-3)6-11(19)5-9/h4-6,8H,7,19H2,1-3H3,(H,20,21)(H,23,24). The number of hydrogen-bond acceptors (Lipinski definition) is 7. The average Bonchev–Trinajstić information content (AvgIpc) is 2.57. The number of benzene rings is 1. The smallest absolute Gasteiger partial charge is 0.337 e. The molecule has 0 aliphatic carbocycles. The van der Waals surface area contributed by atoms with Gasteiger partial charge in [-0.15, -0.1) is 0 Å². The van der Waals surface area contributed by atoms with Gasteiger partial charge in [0.2, 0.25) is 0 Å². The number of nitrogen functional groups attached to an aromatic ring is 1. The lowest BCUT2D eigenvalue weighted by Gasteiger charge is -2.17. The summed E-state index contributed by atoms with van der Waals surface area (Å²) in [6.07, 6.45) is 0. The van der Waals surface area contributed by atoms with Gasteiger partial charge >= 0.3 is 11.9 Å². The maximum Gasteiger partial charge on any atom is 0.337 e. The third-order valence-corrected chi connectivity index (χ3v) is 4.04. The van der Waals surface area contributed by atoms with E-state index in [1.807, 2.05) is 13.8 Å². The van der Waals surface area contributed by atoms with E-state index in [2.05, 4.69) is 26.2 Å². The summed E-state index contributed by atoms with van der Waals surface area (Å²) in [6, 6.07) is 4.31. The monoisotopic (exact) mass is 438 g/mol. The largest absolute Gasteiger partial charge is 0.480 e. The normalized spacial score (nSPS) is 10.7. The first-order valence-corrected chi connectivity index (χ1v) is 8.71. The number of rotatable bonds is 6. The number of anilines is 2. The van der Waals surface area contributed by atoms with Crippen LogP contribution in [0.25, 0.3) is 11.3 Å². The second-order valence-corrected chi connectivity index (χ2v) is 6.77. The molecule has 0 bridgehead atoms. The molecule has 9 nitrogen and oxygen atoms in total.